The van der Waals surface area contributed by atoms with E-state index in [0.29, 0.717) is 6.42 Å². The van der Waals surface area contributed by atoms with Crippen LogP contribution in [-0.2, 0) is 11.2 Å². The fraction of sp³-hybridized carbons (Fsp3) is 0.278. The van der Waals surface area contributed by atoms with Crippen molar-refractivity contribution in [1.82, 2.24) is 0 Å². The van der Waals surface area contributed by atoms with Crippen LogP contribution >= 0.6 is 15.9 Å². The number of aliphatic carboxylic acids is 1. The van der Waals surface area contributed by atoms with Crippen molar-refractivity contribution in [2.24, 2.45) is 0 Å². The van der Waals surface area contributed by atoms with E-state index in [0.717, 1.165) is 26.7 Å². The van der Waals surface area contributed by atoms with Crippen LogP contribution in [0.25, 0.3) is 0 Å². The summed E-state index contributed by atoms with van der Waals surface area (Å²) in [7, 11) is 0. The van der Waals surface area contributed by atoms with Crippen LogP contribution in [0, 0.1) is 20.8 Å². The third-order valence-corrected chi connectivity index (χ3v) is 4.35. The Morgan fingerprint density at radius 1 is 1.10 bits per heavy atom. The van der Waals surface area contributed by atoms with Gasteiger partial charge in [-0.3, -0.25) is 4.79 Å². The Morgan fingerprint density at radius 3 is 2.10 bits per heavy atom. The van der Waals surface area contributed by atoms with E-state index in [1.807, 2.05) is 24.3 Å². The van der Waals surface area contributed by atoms with Gasteiger partial charge in [0.15, 0.2) is 0 Å². The normalized spacial score (nSPS) is 12.2. The summed E-state index contributed by atoms with van der Waals surface area (Å²) in [6, 6.07) is 11.8. The van der Waals surface area contributed by atoms with Gasteiger partial charge in [0.05, 0.1) is 5.92 Å². The zero-order valence-electron chi connectivity index (χ0n) is 12.5. The number of halogens is 1. The summed E-state index contributed by atoms with van der Waals surface area (Å²) in [5.41, 5.74) is 5.51. The number of hydrogen-bond acceptors (Lipinski definition) is 1. The Hall–Kier alpha value is -1.61. The summed E-state index contributed by atoms with van der Waals surface area (Å²) < 4.78 is 0.957. The first-order valence-corrected chi connectivity index (χ1v) is 7.72. The SMILES string of the molecule is Cc1cc(C)c(CC(C(=O)O)c2ccc(Br)cc2)c(C)c1. The van der Waals surface area contributed by atoms with E-state index in [2.05, 4.69) is 48.8 Å². The summed E-state index contributed by atoms with van der Waals surface area (Å²) in [6.45, 7) is 6.17. The van der Waals surface area contributed by atoms with Gasteiger partial charge >= 0.3 is 5.97 Å². The molecule has 0 fully saturated rings. The van der Waals surface area contributed by atoms with Crippen LogP contribution < -0.4 is 0 Å². The Balaban J connectivity index is 2.38. The quantitative estimate of drug-likeness (QED) is 0.864. The number of carboxylic acids is 1. The van der Waals surface area contributed by atoms with Gasteiger partial charge in [0, 0.05) is 4.47 Å². The Bertz CT molecular complexity index is 636. The van der Waals surface area contributed by atoms with Gasteiger partial charge in [0.1, 0.15) is 0 Å². The van der Waals surface area contributed by atoms with Crippen LogP contribution in [0.5, 0.6) is 0 Å². The molecule has 0 saturated heterocycles. The van der Waals surface area contributed by atoms with E-state index in [9.17, 15) is 9.90 Å². The van der Waals surface area contributed by atoms with Crippen LogP contribution in [0.3, 0.4) is 0 Å². The zero-order chi connectivity index (χ0) is 15.6. The number of carboxylic acid groups (broad SMARTS) is 1. The largest absolute Gasteiger partial charge is 0.481 e. The standard InChI is InChI=1S/C18H19BrO2/c1-11-8-12(2)16(13(3)9-11)10-17(18(20)21)14-4-6-15(19)7-5-14/h4-9,17H,10H2,1-3H3,(H,20,21). The minimum atomic E-state index is -0.781. The summed E-state index contributed by atoms with van der Waals surface area (Å²) in [4.78, 5) is 11.7. The molecular formula is C18H19BrO2. The monoisotopic (exact) mass is 346 g/mol. The lowest BCUT2D eigenvalue weighted by atomic mass is 9.87. The average Bonchev–Trinajstić information content (AvgIpc) is 2.39. The lowest BCUT2D eigenvalue weighted by Gasteiger charge is -2.17. The number of rotatable bonds is 4. The van der Waals surface area contributed by atoms with Gasteiger partial charge in [0.2, 0.25) is 0 Å². The molecule has 3 heteroatoms. The van der Waals surface area contributed by atoms with Crippen molar-refractivity contribution in [3.05, 3.63) is 68.7 Å². The molecule has 0 aromatic heterocycles. The van der Waals surface area contributed by atoms with Gasteiger partial charge < -0.3 is 5.11 Å². The van der Waals surface area contributed by atoms with E-state index in [1.165, 1.54) is 5.56 Å². The average molecular weight is 347 g/mol. The van der Waals surface area contributed by atoms with Gasteiger partial charge in [-0.25, -0.2) is 0 Å². The van der Waals surface area contributed by atoms with Crippen molar-refractivity contribution in [2.75, 3.05) is 0 Å². The molecule has 0 amide bonds. The van der Waals surface area contributed by atoms with Crippen LogP contribution in [0.4, 0.5) is 0 Å². The molecule has 2 aromatic rings. The molecule has 110 valence electrons. The van der Waals surface area contributed by atoms with E-state index >= 15 is 0 Å². The zero-order valence-corrected chi connectivity index (χ0v) is 14.1. The molecule has 0 heterocycles. The first kappa shape index (κ1) is 15.8. The second-order valence-electron chi connectivity index (χ2n) is 5.52. The molecule has 1 unspecified atom stereocenters. The molecule has 0 aliphatic heterocycles. The molecule has 1 atom stereocenters. The molecule has 2 rings (SSSR count). The maximum Gasteiger partial charge on any atom is 0.311 e. The second kappa shape index (κ2) is 6.44. The van der Waals surface area contributed by atoms with Gasteiger partial charge in [0.25, 0.3) is 0 Å². The van der Waals surface area contributed by atoms with Crippen LogP contribution in [-0.4, -0.2) is 11.1 Å². The molecule has 0 spiro atoms. The first-order chi connectivity index (χ1) is 9.88. The fourth-order valence-electron chi connectivity index (χ4n) is 2.78. The Labute approximate surface area is 134 Å². The number of benzene rings is 2. The van der Waals surface area contributed by atoms with Gasteiger partial charge in [-0.2, -0.15) is 0 Å². The van der Waals surface area contributed by atoms with Gasteiger partial charge in [-0.1, -0.05) is 45.8 Å². The van der Waals surface area contributed by atoms with Crippen molar-refractivity contribution in [3.8, 4) is 0 Å². The van der Waals surface area contributed by atoms with Crippen LogP contribution in [0.2, 0.25) is 0 Å². The van der Waals surface area contributed by atoms with E-state index < -0.39 is 11.9 Å². The highest BCUT2D eigenvalue weighted by Gasteiger charge is 2.22. The molecule has 0 aliphatic rings. The molecule has 0 saturated carbocycles. The van der Waals surface area contributed by atoms with E-state index in [4.69, 9.17) is 0 Å². The molecule has 1 N–H and O–H groups in total. The highest BCUT2D eigenvalue weighted by Crippen LogP contribution is 2.27. The molecule has 21 heavy (non-hydrogen) atoms. The topological polar surface area (TPSA) is 37.3 Å². The third kappa shape index (κ3) is 3.73. The fourth-order valence-corrected chi connectivity index (χ4v) is 3.04. The molecule has 0 aliphatic carbocycles. The molecule has 0 bridgehead atoms. The van der Waals surface area contributed by atoms with E-state index in [-0.39, 0.29) is 0 Å². The molecular weight excluding hydrogens is 328 g/mol. The first-order valence-electron chi connectivity index (χ1n) is 6.93. The van der Waals surface area contributed by atoms with Gasteiger partial charge in [-0.15, -0.1) is 0 Å². The summed E-state index contributed by atoms with van der Waals surface area (Å²) in [6.07, 6.45) is 0.523. The smallest absolute Gasteiger partial charge is 0.311 e. The lowest BCUT2D eigenvalue weighted by molar-refractivity contribution is -0.138. The lowest BCUT2D eigenvalue weighted by Crippen LogP contribution is -2.15. The van der Waals surface area contributed by atoms with Crippen molar-refractivity contribution >= 4 is 21.9 Å². The van der Waals surface area contributed by atoms with Crippen LogP contribution in [0.1, 0.15) is 33.7 Å². The Morgan fingerprint density at radius 2 is 1.62 bits per heavy atom. The summed E-state index contributed by atoms with van der Waals surface area (Å²) >= 11 is 3.38. The van der Waals surface area contributed by atoms with Crippen molar-refractivity contribution in [2.45, 2.75) is 33.1 Å². The highest BCUT2D eigenvalue weighted by atomic mass is 79.9. The van der Waals surface area contributed by atoms with Crippen molar-refractivity contribution in [1.29, 1.82) is 0 Å². The maximum atomic E-state index is 11.7. The molecule has 0 radical (unpaired) electrons. The highest BCUT2D eigenvalue weighted by molar-refractivity contribution is 9.10. The molecule has 2 nitrogen and oxygen atoms in total. The molecule has 2 aromatic carbocycles. The minimum Gasteiger partial charge on any atom is -0.481 e. The predicted octanol–water partition coefficient (Wildman–Crippen LogP) is 4.79. The second-order valence-corrected chi connectivity index (χ2v) is 6.44. The Kier molecular flexibility index (Phi) is 4.84. The van der Waals surface area contributed by atoms with Gasteiger partial charge in [-0.05, 0) is 61.6 Å². The summed E-state index contributed by atoms with van der Waals surface area (Å²) in [5.74, 6) is -1.30. The van der Waals surface area contributed by atoms with Crippen LogP contribution in [0.15, 0.2) is 40.9 Å². The minimum absolute atomic E-state index is 0.516. The van der Waals surface area contributed by atoms with E-state index in [1.54, 1.807) is 0 Å². The van der Waals surface area contributed by atoms with Crippen molar-refractivity contribution in [3.63, 3.8) is 0 Å². The summed E-state index contributed by atoms with van der Waals surface area (Å²) in [5, 5.41) is 9.58. The predicted molar refractivity (Wildman–Crippen MR) is 88.9 cm³/mol. The van der Waals surface area contributed by atoms with Crippen molar-refractivity contribution < 1.29 is 9.90 Å². The third-order valence-electron chi connectivity index (χ3n) is 3.82. The number of aryl methyl sites for hydroxylation is 3. The maximum absolute atomic E-state index is 11.7. The number of hydrogen-bond donors (Lipinski definition) is 1. The number of carbonyl (C=O) groups is 1.